The van der Waals surface area contributed by atoms with Gasteiger partial charge in [0.2, 0.25) is 0 Å². The van der Waals surface area contributed by atoms with E-state index in [0.29, 0.717) is 5.92 Å². The molecule has 0 radical (unpaired) electrons. The fourth-order valence-electron chi connectivity index (χ4n) is 2.81. The highest BCUT2D eigenvalue weighted by Gasteiger charge is 2.21. The fraction of sp³-hybridized carbons (Fsp3) is 0.467. The molecular formula is C15H19N3. The van der Waals surface area contributed by atoms with E-state index in [4.69, 9.17) is 4.98 Å². The molecule has 0 saturated carbocycles. The number of benzene rings is 1. The number of hydrogen-bond acceptors (Lipinski definition) is 3. The minimum atomic E-state index is 0.591. The van der Waals surface area contributed by atoms with E-state index >= 15 is 0 Å². The second-order valence-corrected chi connectivity index (χ2v) is 5.25. The van der Waals surface area contributed by atoms with Crippen molar-refractivity contribution in [3.63, 3.8) is 0 Å². The van der Waals surface area contributed by atoms with Crippen LogP contribution in [-0.4, -0.2) is 35.0 Å². The first-order valence-corrected chi connectivity index (χ1v) is 6.66. The maximum atomic E-state index is 4.72. The van der Waals surface area contributed by atoms with Crippen molar-refractivity contribution in [2.45, 2.75) is 25.7 Å². The highest BCUT2D eigenvalue weighted by atomic mass is 15.1. The van der Waals surface area contributed by atoms with Gasteiger partial charge in [-0.05, 0) is 46.0 Å². The van der Waals surface area contributed by atoms with Gasteiger partial charge >= 0.3 is 0 Å². The lowest BCUT2D eigenvalue weighted by Crippen LogP contribution is -2.29. The molecule has 2 aromatic rings. The van der Waals surface area contributed by atoms with Crippen LogP contribution in [0.15, 0.2) is 24.3 Å². The summed E-state index contributed by atoms with van der Waals surface area (Å²) in [6.45, 7) is 4.33. The molecule has 1 saturated heterocycles. The summed E-state index contributed by atoms with van der Waals surface area (Å²) in [5.41, 5.74) is 2.34. The first kappa shape index (κ1) is 11.6. The number of likely N-dealkylation sites (tertiary alicyclic amines) is 1. The highest BCUT2D eigenvalue weighted by molar-refractivity contribution is 5.81. The summed E-state index contributed by atoms with van der Waals surface area (Å²) in [5.74, 6) is 1.48. The third-order valence-electron chi connectivity index (χ3n) is 3.85. The Labute approximate surface area is 108 Å². The predicted octanol–water partition coefficient (Wildman–Crippen LogP) is 2.75. The zero-order valence-electron chi connectivity index (χ0n) is 11.1. The Morgan fingerprint density at radius 3 is 2.61 bits per heavy atom. The Hall–Kier alpha value is -1.48. The number of fused-ring (bicyclic) bond motifs is 1. The Bertz CT molecular complexity index is 557. The normalized spacial score (nSPS) is 18.3. The third kappa shape index (κ3) is 2.10. The number of para-hydroxylation sites is 1. The topological polar surface area (TPSA) is 29.0 Å². The number of aryl methyl sites for hydroxylation is 1. The molecule has 1 aromatic carbocycles. The molecule has 3 heteroatoms. The summed E-state index contributed by atoms with van der Waals surface area (Å²) >= 11 is 0. The van der Waals surface area contributed by atoms with Gasteiger partial charge in [-0.15, -0.1) is 0 Å². The molecule has 0 atom stereocenters. The van der Waals surface area contributed by atoms with Gasteiger partial charge < -0.3 is 4.90 Å². The smallest absolute Gasteiger partial charge is 0.126 e. The predicted molar refractivity (Wildman–Crippen MR) is 73.7 cm³/mol. The quantitative estimate of drug-likeness (QED) is 0.768. The van der Waals surface area contributed by atoms with E-state index in [9.17, 15) is 0 Å². The molecule has 18 heavy (non-hydrogen) atoms. The lowest BCUT2D eigenvalue weighted by molar-refractivity contribution is 0.254. The lowest BCUT2D eigenvalue weighted by atomic mass is 9.91. The van der Waals surface area contributed by atoms with Crippen LogP contribution in [0.25, 0.3) is 10.9 Å². The van der Waals surface area contributed by atoms with Crippen molar-refractivity contribution >= 4 is 10.9 Å². The molecule has 0 unspecified atom stereocenters. The maximum absolute atomic E-state index is 4.72. The Balaban J connectivity index is 2.05. The van der Waals surface area contributed by atoms with Crippen LogP contribution >= 0.6 is 0 Å². The number of nitrogens with zero attached hydrogens (tertiary/aromatic N) is 3. The van der Waals surface area contributed by atoms with Crippen molar-refractivity contribution in [1.82, 2.24) is 14.9 Å². The zero-order chi connectivity index (χ0) is 12.5. The maximum Gasteiger partial charge on any atom is 0.126 e. The standard InChI is InChI=1S/C15H19N3/c1-11-16-14-6-4-3-5-13(14)15(17-11)12-7-9-18(2)10-8-12/h3-6,12H,7-10H2,1-2H3. The molecule has 0 N–H and O–H groups in total. The van der Waals surface area contributed by atoms with Crippen LogP contribution < -0.4 is 0 Å². The van der Waals surface area contributed by atoms with Gasteiger partial charge in [0.15, 0.2) is 0 Å². The van der Waals surface area contributed by atoms with Crippen LogP contribution in [0.4, 0.5) is 0 Å². The number of piperidine rings is 1. The highest BCUT2D eigenvalue weighted by Crippen LogP contribution is 2.30. The van der Waals surface area contributed by atoms with Crippen LogP contribution in [0.5, 0.6) is 0 Å². The van der Waals surface area contributed by atoms with Crippen LogP contribution in [-0.2, 0) is 0 Å². The Kier molecular flexibility index (Phi) is 3.00. The molecule has 0 bridgehead atoms. The van der Waals surface area contributed by atoms with Gasteiger partial charge in [-0.1, -0.05) is 18.2 Å². The van der Waals surface area contributed by atoms with Crippen molar-refractivity contribution in [3.8, 4) is 0 Å². The molecule has 1 aromatic heterocycles. The summed E-state index contributed by atoms with van der Waals surface area (Å²) in [7, 11) is 2.19. The van der Waals surface area contributed by atoms with Gasteiger partial charge in [0.1, 0.15) is 5.82 Å². The molecular weight excluding hydrogens is 222 g/mol. The van der Waals surface area contributed by atoms with Gasteiger partial charge in [0, 0.05) is 11.3 Å². The second kappa shape index (κ2) is 4.65. The first-order chi connectivity index (χ1) is 8.74. The van der Waals surface area contributed by atoms with Crippen molar-refractivity contribution < 1.29 is 0 Å². The van der Waals surface area contributed by atoms with Gasteiger partial charge in [-0.2, -0.15) is 0 Å². The fourth-order valence-corrected chi connectivity index (χ4v) is 2.81. The molecule has 3 nitrogen and oxygen atoms in total. The summed E-state index contributed by atoms with van der Waals surface area (Å²) in [5, 5.41) is 1.23. The van der Waals surface area contributed by atoms with Crippen LogP contribution in [0.3, 0.4) is 0 Å². The van der Waals surface area contributed by atoms with Crippen LogP contribution in [0, 0.1) is 6.92 Å². The van der Waals surface area contributed by atoms with E-state index in [1.807, 2.05) is 13.0 Å². The summed E-state index contributed by atoms with van der Waals surface area (Å²) in [6.07, 6.45) is 2.41. The van der Waals surface area contributed by atoms with Crippen molar-refractivity contribution in [2.75, 3.05) is 20.1 Å². The third-order valence-corrected chi connectivity index (χ3v) is 3.85. The number of hydrogen-bond donors (Lipinski definition) is 0. The summed E-state index contributed by atoms with van der Waals surface area (Å²) in [6, 6.07) is 8.37. The van der Waals surface area contributed by atoms with E-state index < -0.39 is 0 Å². The molecule has 0 spiro atoms. The molecule has 0 amide bonds. The molecule has 3 rings (SSSR count). The molecule has 2 heterocycles. The first-order valence-electron chi connectivity index (χ1n) is 6.66. The van der Waals surface area contributed by atoms with E-state index in [1.165, 1.54) is 37.0 Å². The van der Waals surface area contributed by atoms with E-state index in [0.717, 1.165) is 11.3 Å². The molecule has 1 fully saturated rings. The van der Waals surface area contributed by atoms with E-state index in [2.05, 4.69) is 35.1 Å². The average molecular weight is 241 g/mol. The monoisotopic (exact) mass is 241 g/mol. The summed E-state index contributed by atoms with van der Waals surface area (Å²) in [4.78, 5) is 11.6. The van der Waals surface area contributed by atoms with E-state index in [-0.39, 0.29) is 0 Å². The Morgan fingerprint density at radius 2 is 1.83 bits per heavy atom. The van der Waals surface area contributed by atoms with Gasteiger partial charge in [-0.3, -0.25) is 0 Å². The zero-order valence-corrected chi connectivity index (χ0v) is 11.1. The van der Waals surface area contributed by atoms with Gasteiger partial charge in [0.25, 0.3) is 0 Å². The minimum absolute atomic E-state index is 0.591. The van der Waals surface area contributed by atoms with Crippen molar-refractivity contribution in [2.24, 2.45) is 0 Å². The van der Waals surface area contributed by atoms with Crippen molar-refractivity contribution in [1.29, 1.82) is 0 Å². The molecule has 0 aliphatic carbocycles. The number of rotatable bonds is 1. The molecule has 1 aliphatic heterocycles. The molecule has 1 aliphatic rings. The lowest BCUT2D eigenvalue weighted by Gasteiger charge is -2.29. The van der Waals surface area contributed by atoms with Gasteiger partial charge in [-0.25, -0.2) is 9.97 Å². The molecule has 94 valence electrons. The van der Waals surface area contributed by atoms with E-state index in [1.54, 1.807) is 0 Å². The number of aromatic nitrogens is 2. The average Bonchev–Trinajstić information content (AvgIpc) is 2.38. The van der Waals surface area contributed by atoms with Gasteiger partial charge in [0.05, 0.1) is 11.2 Å². The van der Waals surface area contributed by atoms with Crippen LogP contribution in [0.2, 0.25) is 0 Å². The second-order valence-electron chi connectivity index (χ2n) is 5.25. The summed E-state index contributed by atoms with van der Waals surface area (Å²) < 4.78 is 0. The Morgan fingerprint density at radius 1 is 1.11 bits per heavy atom. The van der Waals surface area contributed by atoms with Crippen LogP contribution in [0.1, 0.15) is 30.3 Å². The SMILES string of the molecule is Cc1nc(C2CCN(C)CC2)c2ccccc2n1. The minimum Gasteiger partial charge on any atom is -0.306 e. The van der Waals surface area contributed by atoms with Crippen molar-refractivity contribution in [3.05, 3.63) is 35.8 Å². The largest absolute Gasteiger partial charge is 0.306 e.